The van der Waals surface area contributed by atoms with Gasteiger partial charge in [0, 0.05) is 12.1 Å². The van der Waals surface area contributed by atoms with Crippen molar-refractivity contribution in [2.75, 3.05) is 6.54 Å². The Balaban J connectivity index is 2.27. The van der Waals surface area contributed by atoms with Crippen molar-refractivity contribution in [3.63, 3.8) is 0 Å². The van der Waals surface area contributed by atoms with Crippen molar-refractivity contribution in [3.8, 4) is 0 Å². The summed E-state index contributed by atoms with van der Waals surface area (Å²) in [4.78, 5) is 0. The number of hydrogen-bond donors (Lipinski definition) is 2. The molecule has 0 aromatic rings. The standard InChI is InChI=1S/C18H35FN2/c1-11(2)9-18(5,6)16-13(12(3)4)10-20-14-7-8-15(19)21-17(14)16/h11-17,20-21H,7-10H2,1-6H3. The zero-order valence-electron chi connectivity index (χ0n) is 14.7. The Kier molecular flexibility index (Phi) is 5.36. The second-order valence-corrected chi connectivity index (χ2v) is 8.77. The first-order valence-electron chi connectivity index (χ1n) is 8.86. The molecule has 0 aromatic heterocycles. The molecule has 0 bridgehead atoms. The van der Waals surface area contributed by atoms with E-state index in [4.69, 9.17) is 0 Å². The van der Waals surface area contributed by atoms with Crippen LogP contribution in [0.25, 0.3) is 0 Å². The van der Waals surface area contributed by atoms with Gasteiger partial charge >= 0.3 is 0 Å². The smallest absolute Gasteiger partial charge is 0.151 e. The van der Waals surface area contributed by atoms with Crippen LogP contribution in [0.1, 0.15) is 60.8 Å². The van der Waals surface area contributed by atoms with E-state index in [0.717, 1.165) is 13.0 Å². The summed E-state index contributed by atoms with van der Waals surface area (Å²) in [7, 11) is 0. The predicted octanol–water partition coefficient (Wildman–Crippen LogP) is 3.97. The third kappa shape index (κ3) is 3.79. The summed E-state index contributed by atoms with van der Waals surface area (Å²) in [5.74, 6) is 2.49. The van der Waals surface area contributed by atoms with Gasteiger partial charge in [0.1, 0.15) is 0 Å². The van der Waals surface area contributed by atoms with E-state index < -0.39 is 6.30 Å². The molecule has 0 amide bonds. The molecule has 2 nitrogen and oxygen atoms in total. The van der Waals surface area contributed by atoms with Gasteiger partial charge in [-0.3, -0.25) is 5.32 Å². The number of piperidine rings is 2. The molecule has 5 atom stereocenters. The summed E-state index contributed by atoms with van der Waals surface area (Å²) in [5.41, 5.74) is 0.248. The highest BCUT2D eigenvalue weighted by molar-refractivity contribution is 5.04. The largest absolute Gasteiger partial charge is 0.312 e. The molecule has 2 aliphatic rings. The molecular formula is C18H35FN2. The van der Waals surface area contributed by atoms with Crippen LogP contribution in [-0.2, 0) is 0 Å². The summed E-state index contributed by atoms with van der Waals surface area (Å²) in [5, 5.41) is 7.00. The molecule has 21 heavy (non-hydrogen) atoms. The molecule has 2 heterocycles. The number of halogens is 1. The Hall–Kier alpha value is -0.150. The molecule has 5 unspecified atom stereocenters. The minimum Gasteiger partial charge on any atom is -0.312 e. The van der Waals surface area contributed by atoms with Gasteiger partial charge in [0.15, 0.2) is 6.30 Å². The van der Waals surface area contributed by atoms with Crippen LogP contribution in [0.4, 0.5) is 4.39 Å². The summed E-state index contributed by atoms with van der Waals surface area (Å²) in [6.07, 6.45) is 2.01. The van der Waals surface area contributed by atoms with E-state index in [0.29, 0.717) is 36.1 Å². The normalized spacial score (nSPS) is 37.9. The lowest BCUT2D eigenvalue weighted by molar-refractivity contribution is -0.0209. The molecule has 2 aliphatic heterocycles. The van der Waals surface area contributed by atoms with E-state index >= 15 is 0 Å². The SMILES string of the molecule is CC(C)CC(C)(C)C1C(C(C)C)CNC2CCC(F)NC21. The molecule has 2 saturated heterocycles. The Morgan fingerprint density at radius 2 is 1.81 bits per heavy atom. The zero-order valence-corrected chi connectivity index (χ0v) is 14.7. The summed E-state index contributed by atoms with van der Waals surface area (Å²) in [6.45, 7) is 15.1. The van der Waals surface area contributed by atoms with Crippen molar-refractivity contribution in [2.24, 2.45) is 29.1 Å². The number of fused-ring (bicyclic) bond motifs is 1. The van der Waals surface area contributed by atoms with E-state index in [1.165, 1.54) is 6.42 Å². The highest BCUT2D eigenvalue weighted by Gasteiger charge is 2.49. The van der Waals surface area contributed by atoms with E-state index in [-0.39, 0.29) is 11.5 Å². The Morgan fingerprint density at radius 1 is 1.14 bits per heavy atom. The van der Waals surface area contributed by atoms with Gasteiger partial charge in [0.25, 0.3) is 0 Å². The Bertz CT molecular complexity index is 340. The van der Waals surface area contributed by atoms with Gasteiger partial charge in [-0.25, -0.2) is 4.39 Å². The lowest BCUT2D eigenvalue weighted by Gasteiger charge is -2.54. The van der Waals surface area contributed by atoms with Crippen LogP contribution in [0.15, 0.2) is 0 Å². The molecule has 2 N–H and O–H groups in total. The summed E-state index contributed by atoms with van der Waals surface area (Å²) < 4.78 is 14.0. The minimum atomic E-state index is -0.823. The predicted molar refractivity (Wildman–Crippen MR) is 87.9 cm³/mol. The molecule has 2 fully saturated rings. The molecule has 2 rings (SSSR count). The Labute approximate surface area is 130 Å². The average Bonchev–Trinajstić information content (AvgIpc) is 2.35. The zero-order chi connectivity index (χ0) is 15.8. The van der Waals surface area contributed by atoms with Crippen LogP contribution in [0.2, 0.25) is 0 Å². The quantitative estimate of drug-likeness (QED) is 0.768. The third-order valence-corrected chi connectivity index (χ3v) is 5.69. The maximum Gasteiger partial charge on any atom is 0.151 e. The maximum atomic E-state index is 14.0. The molecule has 124 valence electrons. The topological polar surface area (TPSA) is 24.1 Å². The van der Waals surface area contributed by atoms with Crippen molar-refractivity contribution in [2.45, 2.75) is 79.2 Å². The highest BCUT2D eigenvalue weighted by atomic mass is 19.1. The van der Waals surface area contributed by atoms with Crippen LogP contribution in [0.5, 0.6) is 0 Å². The second kappa shape index (κ2) is 6.54. The van der Waals surface area contributed by atoms with Gasteiger partial charge in [0.2, 0.25) is 0 Å². The minimum absolute atomic E-state index is 0.248. The second-order valence-electron chi connectivity index (χ2n) is 8.77. The van der Waals surface area contributed by atoms with Crippen LogP contribution < -0.4 is 10.6 Å². The van der Waals surface area contributed by atoms with Gasteiger partial charge < -0.3 is 5.32 Å². The van der Waals surface area contributed by atoms with Crippen LogP contribution in [0, 0.1) is 29.1 Å². The molecule has 0 aliphatic carbocycles. The van der Waals surface area contributed by atoms with Gasteiger partial charge in [-0.05, 0) is 54.9 Å². The number of rotatable bonds is 4. The molecular weight excluding hydrogens is 263 g/mol. The molecule has 0 radical (unpaired) electrons. The average molecular weight is 298 g/mol. The van der Waals surface area contributed by atoms with Gasteiger partial charge in [-0.15, -0.1) is 0 Å². The monoisotopic (exact) mass is 298 g/mol. The first-order chi connectivity index (χ1) is 9.72. The first kappa shape index (κ1) is 17.2. The van der Waals surface area contributed by atoms with Crippen molar-refractivity contribution in [3.05, 3.63) is 0 Å². The van der Waals surface area contributed by atoms with Crippen molar-refractivity contribution in [1.29, 1.82) is 0 Å². The third-order valence-electron chi connectivity index (χ3n) is 5.69. The number of hydrogen-bond acceptors (Lipinski definition) is 2. The molecule has 0 spiro atoms. The van der Waals surface area contributed by atoms with Crippen LogP contribution in [-0.4, -0.2) is 24.9 Å². The van der Waals surface area contributed by atoms with Crippen molar-refractivity contribution in [1.82, 2.24) is 10.6 Å². The maximum absolute atomic E-state index is 14.0. The highest BCUT2D eigenvalue weighted by Crippen LogP contribution is 2.46. The fourth-order valence-corrected chi connectivity index (χ4v) is 5.08. The van der Waals surface area contributed by atoms with Gasteiger partial charge in [0.05, 0.1) is 0 Å². The van der Waals surface area contributed by atoms with Crippen LogP contribution >= 0.6 is 0 Å². The van der Waals surface area contributed by atoms with E-state index in [9.17, 15) is 4.39 Å². The first-order valence-corrected chi connectivity index (χ1v) is 8.86. The van der Waals surface area contributed by atoms with Crippen LogP contribution in [0.3, 0.4) is 0 Å². The van der Waals surface area contributed by atoms with E-state index in [2.05, 4.69) is 52.2 Å². The Morgan fingerprint density at radius 3 is 2.38 bits per heavy atom. The summed E-state index contributed by atoms with van der Waals surface area (Å²) >= 11 is 0. The van der Waals surface area contributed by atoms with Crippen molar-refractivity contribution >= 4 is 0 Å². The van der Waals surface area contributed by atoms with Crippen molar-refractivity contribution < 1.29 is 4.39 Å². The molecule has 0 saturated carbocycles. The van der Waals surface area contributed by atoms with Gasteiger partial charge in [-0.2, -0.15) is 0 Å². The number of alkyl halides is 1. The van der Waals surface area contributed by atoms with E-state index in [1.54, 1.807) is 0 Å². The summed E-state index contributed by atoms with van der Waals surface area (Å²) in [6, 6.07) is 0.729. The fourth-order valence-electron chi connectivity index (χ4n) is 5.08. The van der Waals surface area contributed by atoms with Gasteiger partial charge in [-0.1, -0.05) is 41.5 Å². The molecule has 0 aromatic carbocycles. The fraction of sp³-hybridized carbons (Fsp3) is 1.00. The molecule has 3 heteroatoms. The number of nitrogens with one attached hydrogen (secondary N) is 2. The lowest BCUT2D eigenvalue weighted by atomic mass is 9.59. The lowest BCUT2D eigenvalue weighted by Crippen LogP contribution is -2.67. The van der Waals surface area contributed by atoms with E-state index in [1.807, 2.05) is 0 Å².